The lowest BCUT2D eigenvalue weighted by molar-refractivity contribution is -0.124. The maximum absolute atomic E-state index is 12.4. The molecule has 118 valence electrons. The molecule has 0 radical (unpaired) electrons. The first-order valence-electron chi connectivity index (χ1n) is 8.53. The van der Waals surface area contributed by atoms with Crippen molar-refractivity contribution in [1.82, 2.24) is 4.98 Å². The number of benzene rings is 1. The van der Waals surface area contributed by atoms with Crippen molar-refractivity contribution in [3.05, 3.63) is 48.2 Å². The molecule has 3 heteroatoms. The first-order valence-corrected chi connectivity index (χ1v) is 8.53. The third-order valence-corrected chi connectivity index (χ3v) is 5.28. The molecule has 1 aromatic heterocycles. The van der Waals surface area contributed by atoms with Gasteiger partial charge in [-0.3, -0.25) is 9.78 Å². The van der Waals surface area contributed by atoms with E-state index in [1.807, 2.05) is 36.4 Å². The average molecular weight is 306 g/mol. The van der Waals surface area contributed by atoms with Gasteiger partial charge in [-0.05, 0) is 74.3 Å². The second kappa shape index (κ2) is 5.80. The molecular weight excluding hydrogens is 284 g/mol. The molecule has 0 aliphatic heterocycles. The lowest BCUT2D eigenvalue weighted by Gasteiger charge is -2.34. The smallest absolute Gasteiger partial charge is 0.227 e. The van der Waals surface area contributed by atoms with E-state index in [2.05, 4.69) is 17.2 Å². The van der Waals surface area contributed by atoms with Crippen LogP contribution in [-0.4, -0.2) is 10.9 Å². The van der Waals surface area contributed by atoms with E-state index >= 15 is 0 Å². The fourth-order valence-corrected chi connectivity index (χ4v) is 3.57. The molecule has 0 bridgehead atoms. The first kappa shape index (κ1) is 14.4. The monoisotopic (exact) mass is 306 g/mol. The number of amides is 1. The second-order valence-electron chi connectivity index (χ2n) is 7.00. The van der Waals surface area contributed by atoms with Gasteiger partial charge in [-0.2, -0.15) is 0 Å². The van der Waals surface area contributed by atoms with E-state index in [0.717, 1.165) is 41.6 Å². The zero-order valence-electron chi connectivity index (χ0n) is 13.5. The summed E-state index contributed by atoms with van der Waals surface area (Å²) < 4.78 is 0. The molecule has 1 amide bonds. The average Bonchev–Trinajstić information content (AvgIpc) is 3.33. The number of hydrogen-bond acceptors (Lipinski definition) is 2. The minimum atomic E-state index is 0.178. The fraction of sp³-hybridized carbons (Fsp3) is 0.400. The maximum Gasteiger partial charge on any atom is 0.227 e. The van der Waals surface area contributed by atoms with Crippen molar-refractivity contribution in [2.45, 2.75) is 32.6 Å². The SMILES string of the molecule is Cc1ccc(NC(=O)C2CC(C3CC3)C2)cc1-c1ccccn1. The number of pyridine rings is 1. The molecule has 1 N–H and O–H groups in total. The van der Waals surface area contributed by atoms with Crippen LogP contribution in [0.15, 0.2) is 42.6 Å². The number of aromatic nitrogens is 1. The fourth-order valence-electron chi connectivity index (χ4n) is 3.57. The highest BCUT2D eigenvalue weighted by molar-refractivity contribution is 5.93. The molecule has 23 heavy (non-hydrogen) atoms. The van der Waals surface area contributed by atoms with Crippen LogP contribution in [0, 0.1) is 24.7 Å². The van der Waals surface area contributed by atoms with Gasteiger partial charge in [-0.25, -0.2) is 0 Å². The van der Waals surface area contributed by atoms with E-state index < -0.39 is 0 Å². The normalized spacial score (nSPS) is 23.2. The van der Waals surface area contributed by atoms with Crippen molar-refractivity contribution in [3.8, 4) is 11.3 Å². The molecule has 4 rings (SSSR count). The number of anilines is 1. The number of nitrogens with one attached hydrogen (secondary N) is 1. The number of rotatable bonds is 4. The Labute approximate surface area is 137 Å². The van der Waals surface area contributed by atoms with Gasteiger partial charge in [0.1, 0.15) is 0 Å². The van der Waals surface area contributed by atoms with E-state index in [1.54, 1.807) is 6.20 Å². The van der Waals surface area contributed by atoms with Crippen LogP contribution in [0.5, 0.6) is 0 Å². The molecule has 1 aromatic carbocycles. The molecule has 2 aliphatic rings. The van der Waals surface area contributed by atoms with Crippen molar-refractivity contribution < 1.29 is 4.79 Å². The molecular formula is C20H22N2O. The quantitative estimate of drug-likeness (QED) is 0.908. The van der Waals surface area contributed by atoms with Crippen molar-refractivity contribution in [2.24, 2.45) is 17.8 Å². The van der Waals surface area contributed by atoms with Gasteiger partial charge in [0, 0.05) is 23.4 Å². The van der Waals surface area contributed by atoms with E-state index in [4.69, 9.17) is 0 Å². The Kier molecular flexibility index (Phi) is 3.64. The van der Waals surface area contributed by atoms with E-state index in [1.165, 1.54) is 18.4 Å². The third kappa shape index (κ3) is 3.00. The molecule has 0 spiro atoms. The van der Waals surface area contributed by atoms with E-state index in [-0.39, 0.29) is 11.8 Å². The van der Waals surface area contributed by atoms with Gasteiger partial charge >= 0.3 is 0 Å². The molecule has 0 unspecified atom stereocenters. The summed E-state index contributed by atoms with van der Waals surface area (Å²) in [5, 5.41) is 3.09. The highest BCUT2D eigenvalue weighted by atomic mass is 16.1. The van der Waals surface area contributed by atoms with Gasteiger partial charge in [-0.15, -0.1) is 0 Å². The standard InChI is InChI=1S/C20H22N2O/c1-13-5-8-17(12-18(13)19-4-2-3-9-21-19)22-20(23)16-10-15(11-16)14-6-7-14/h2-5,8-9,12,14-16H,6-7,10-11H2,1H3,(H,22,23). The first-order chi connectivity index (χ1) is 11.2. The molecule has 2 saturated carbocycles. The summed E-state index contributed by atoms with van der Waals surface area (Å²) >= 11 is 0. The molecule has 2 fully saturated rings. The van der Waals surface area contributed by atoms with Crippen LogP contribution >= 0.6 is 0 Å². The second-order valence-corrected chi connectivity index (χ2v) is 7.00. The molecule has 1 heterocycles. The Balaban J connectivity index is 1.46. The van der Waals surface area contributed by atoms with Crippen LogP contribution in [0.3, 0.4) is 0 Å². The predicted octanol–water partition coefficient (Wildman–Crippen LogP) is 4.43. The topological polar surface area (TPSA) is 42.0 Å². The highest BCUT2D eigenvalue weighted by Crippen LogP contribution is 2.49. The Hall–Kier alpha value is -2.16. The van der Waals surface area contributed by atoms with Crippen LogP contribution < -0.4 is 5.32 Å². The predicted molar refractivity (Wildman–Crippen MR) is 92.0 cm³/mol. The zero-order valence-corrected chi connectivity index (χ0v) is 13.5. The highest BCUT2D eigenvalue weighted by Gasteiger charge is 2.42. The van der Waals surface area contributed by atoms with Gasteiger partial charge in [0.15, 0.2) is 0 Å². The lowest BCUT2D eigenvalue weighted by atomic mass is 9.72. The zero-order chi connectivity index (χ0) is 15.8. The van der Waals surface area contributed by atoms with Gasteiger partial charge in [0.25, 0.3) is 0 Å². The van der Waals surface area contributed by atoms with Gasteiger partial charge in [0.05, 0.1) is 5.69 Å². The third-order valence-electron chi connectivity index (χ3n) is 5.28. The summed E-state index contributed by atoms with van der Waals surface area (Å²) in [5.74, 6) is 2.12. The minimum absolute atomic E-state index is 0.178. The van der Waals surface area contributed by atoms with Crippen LogP contribution in [0.2, 0.25) is 0 Å². The number of carbonyl (C=O) groups excluding carboxylic acids is 1. The van der Waals surface area contributed by atoms with Crippen LogP contribution in [0.4, 0.5) is 5.69 Å². The van der Waals surface area contributed by atoms with Crippen molar-refractivity contribution >= 4 is 11.6 Å². The Morgan fingerprint density at radius 3 is 2.65 bits per heavy atom. The summed E-state index contributed by atoms with van der Waals surface area (Å²) in [6.07, 6.45) is 6.71. The van der Waals surface area contributed by atoms with Crippen LogP contribution in [-0.2, 0) is 4.79 Å². The number of aryl methyl sites for hydroxylation is 1. The van der Waals surface area contributed by atoms with Gasteiger partial charge in [0.2, 0.25) is 5.91 Å². The Morgan fingerprint density at radius 2 is 1.96 bits per heavy atom. The summed E-state index contributed by atoms with van der Waals surface area (Å²) in [6, 6.07) is 12.0. The Morgan fingerprint density at radius 1 is 1.13 bits per heavy atom. The van der Waals surface area contributed by atoms with Crippen LogP contribution in [0.25, 0.3) is 11.3 Å². The molecule has 2 aliphatic carbocycles. The minimum Gasteiger partial charge on any atom is -0.326 e. The molecule has 0 atom stereocenters. The number of hydrogen-bond donors (Lipinski definition) is 1. The molecule has 2 aromatic rings. The summed E-state index contributed by atoms with van der Waals surface area (Å²) in [7, 11) is 0. The molecule has 0 saturated heterocycles. The number of nitrogens with zero attached hydrogens (tertiary/aromatic N) is 1. The van der Waals surface area contributed by atoms with Crippen molar-refractivity contribution in [2.75, 3.05) is 5.32 Å². The largest absolute Gasteiger partial charge is 0.326 e. The summed E-state index contributed by atoms with van der Waals surface area (Å²) in [4.78, 5) is 16.8. The Bertz CT molecular complexity index is 716. The summed E-state index contributed by atoms with van der Waals surface area (Å²) in [6.45, 7) is 2.07. The van der Waals surface area contributed by atoms with E-state index in [9.17, 15) is 4.79 Å². The van der Waals surface area contributed by atoms with E-state index in [0.29, 0.717) is 0 Å². The van der Waals surface area contributed by atoms with Gasteiger partial charge < -0.3 is 5.32 Å². The van der Waals surface area contributed by atoms with Crippen molar-refractivity contribution in [3.63, 3.8) is 0 Å². The lowest BCUT2D eigenvalue weighted by Crippen LogP contribution is -2.35. The van der Waals surface area contributed by atoms with Crippen molar-refractivity contribution in [1.29, 1.82) is 0 Å². The van der Waals surface area contributed by atoms with Gasteiger partial charge in [-0.1, -0.05) is 12.1 Å². The van der Waals surface area contributed by atoms with Crippen LogP contribution in [0.1, 0.15) is 31.2 Å². The molecule has 3 nitrogen and oxygen atoms in total. The maximum atomic E-state index is 12.4. The summed E-state index contributed by atoms with van der Waals surface area (Å²) in [5.41, 5.74) is 4.06. The number of carbonyl (C=O) groups is 1.